The summed E-state index contributed by atoms with van der Waals surface area (Å²) in [6.45, 7) is 4.25. The van der Waals surface area contributed by atoms with E-state index < -0.39 is 0 Å². The number of nitrogens with one attached hydrogen (secondary N) is 2. The Morgan fingerprint density at radius 1 is 1.00 bits per heavy atom. The predicted octanol–water partition coefficient (Wildman–Crippen LogP) is 3.38. The van der Waals surface area contributed by atoms with Crippen LogP contribution in [0.4, 0.5) is 0 Å². The second-order valence-electron chi connectivity index (χ2n) is 5.48. The van der Waals surface area contributed by atoms with E-state index >= 15 is 0 Å². The van der Waals surface area contributed by atoms with Crippen molar-refractivity contribution in [1.29, 1.82) is 0 Å². The highest BCUT2D eigenvalue weighted by Gasteiger charge is 2.03. The molecule has 4 nitrogen and oxygen atoms in total. The van der Waals surface area contributed by atoms with Crippen molar-refractivity contribution in [3.05, 3.63) is 65.7 Å². The van der Waals surface area contributed by atoms with Crippen molar-refractivity contribution in [2.75, 3.05) is 20.2 Å². The summed E-state index contributed by atoms with van der Waals surface area (Å²) in [6, 6.07) is 18.6. The Balaban J connectivity index is 1.74. The number of aryl methyl sites for hydroxylation is 1. The lowest BCUT2D eigenvalue weighted by Crippen LogP contribution is -2.37. The van der Waals surface area contributed by atoms with E-state index in [0.717, 1.165) is 36.7 Å². The monoisotopic (exact) mass is 325 g/mol. The van der Waals surface area contributed by atoms with Gasteiger partial charge >= 0.3 is 0 Å². The first-order valence-electron chi connectivity index (χ1n) is 8.52. The summed E-state index contributed by atoms with van der Waals surface area (Å²) in [5.41, 5.74) is 2.50. The molecular formula is C20H27N3O. The predicted molar refractivity (Wildman–Crippen MR) is 101 cm³/mol. The number of rotatable bonds is 8. The zero-order valence-corrected chi connectivity index (χ0v) is 14.6. The molecule has 2 rings (SSSR count). The van der Waals surface area contributed by atoms with Crippen molar-refractivity contribution < 1.29 is 4.74 Å². The number of hydrogen-bond acceptors (Lipinski definition) is 2. The summed E-state index contributed by atoms with van der Waals surface area (Å²) >= 11 is 0. The summed E-state index contributed by atoms with van der Waals surface area (Å²) in [5.74, 6) is 1.74. The molecule has 24 heavy (non-hydrogen) atoms. The maximum absolute atomic E-state index is 5.65. The van der Waals surface area contributed by atoms with E-state index in [2.05, 4.69) is 46.0 Å². The van der Waals surface area contributed by atoms with Crippen LogP contribution in [-0.4, -0.2) is 26.2 Å². The van der Waals surface area contributed by atoms with E-state index in [1.807, 2.05) is 31.2 Å². The summed E-state index contributed by atoms with van der Waals surface area (Å²) in [4.78, 5) is 4.28. The zero-order chi connectivity index (χ0) is 17.0. The number of benzene rings is 2. The first-order valence-corrected chi connectivity index (χ1v) is 8.52. The van der Waals surface area contributed by atoms with E-state index in [-0.39, 0.29) is 0 Å². The molecule has 2 aromatic carbocycles. The maximum Gasteiger partial charge on any atom is 0.191 e. The van der Waals surface area contributed by atoms with Crippen LogP contribution in [0.5, 0.6) is 5.75 Å². The Hall–Kier alpha value is -2.49. The third-order valence-corrected chi connectivity index (χ3v) is 3.72. The Morgan fingerprint density at radius 2 is 1.75 bits per heavy atom. The van der Waals surface area contributed by atoms with Crippen LogP contribution in [0.3, 0.4) is 0 Å². The largest absolute Gasteiger partial charge is 0.494 e. The lowest BCUT2D eigenvalue weighted by molar-refractivity contribution is 0.336. The fourth-order valence-electron chi connectivity index (χ4n) is 2.49. The van der Waals surface area contributed by atoms with Gasteiger partial charge < -0.3 is 15.4 Å². The smallest absolute Gasteiger partial charge is 0.191 e. The van der Waals surface area contributed by atoms with E-state index in [1.165, 1.54) is 5.56 Å². The molecule has 0 spiro atoms. The van der Waals surface area contributed by atoms with Gasteiger partial charge in [-0.15, -0.1) is 0 Å². The molecule has 128 valence electrons. The van der Waals surface area contributed by atoms with Crippen LogP contribution < -0.4 is 15.4 Å². The lowest BCUT2D eigenvalue weighted by Gasteiger charge is -2.14. The molecule has 0 aromatic heterocycles. The molecule has 0 atom stereocenters. The molecule has 2 aromatic rings. The Kier molecular flexibility index (Phi) is 7.68. The average Bonchev–Trinajstić information content (AvgIpc) is 2.63. The molecule has 0 saturated carbocycles. The fraction of sp³-hybridized carbons (Fsp3) is 0.350. The maximum atomic E-state index is 5.65. The first-order chi connectivity index (χ1) is 11.8. The molecule has 4 heteroatoms. The summed E-state index contributed by atoms with van der Waals surface area (Å²) in [7, 11) is 1.79. The van der Waals surface area contributed by atoms with Crippen LogP contribution in [0, 0.1) is 0 Å². The Bertz CT molecular complexity index is 626. The molecule has 0 amide bonds. The molecule has 0 heterocycles. The van der Waals surface area contributed by atoms with Crippen molar-refractivity contribution in [1.82, 2.24) is 10.6 Å². The van der Waals surface area contributed by atoms with Crippen LogP contribution in [0.1, 0.15) is 24.5 Å². The summed E-state index contributed by atoms with van der Waals surface area (Å²) in [5, 5.41) is 6.70. The van der Waals surface area contributed by atoms with Gasteiger partial charge in [-0.1, -0.05) is 48.5 Å². The van der Waals surface area contributed by atoms with Gasteiger partial charge in [0, 0.05) is 25.7 Å². The standard InChI is InChI=1S/C20H27N3O/c1-3-24-19-14-8-7-13-18(19)16-23-20(21-2)22-15-9-12-17-10-5-4-6-11-17/h4-8,10-11,13-14H,3,9,12,15-16H2,1-2H3,(H2,21,22,23). The highest BCUT2D eigenvalue weighted by atomic mass is 16.5. The third kappa shape index (κ3) is 5.95. The average molecular weight is 325 g/mol. The van der Waals surface area contributed by atoms with E-state index in [4.69, 9.17) is 4.74 Å². The molecule has 0 fully saturated rings. The lowest BCUT2D eigenvalue weighted by atomic mass is 10.1. The highest BCUT2D eigenvalue weighted by Crippen LogP contribution is 2.17. The van der Waals surface area contributed by atoms with Gasteiger partial charge in [-0.2, -0.15) is 0 Å². The minimum absolute atomic E-state index is 0.670. The molecule has 0 unspecified atom stereocenters. The summed E-state index contributed by atoms with van der Waals surface area (Å²) in [6.07, 6.45) is 2.14. The van der Waals surface area contributed by atoms with Gasteiger partial charge in [-0.3, -0.25) is 4.99 Å². The fourth-order valence-corrected chi connectivity index (χ4v) is 2.49. The minimum Gasteiger partial charge on any atom is -0.494 e. The number of aliphatic imine (C=N–C) groups is 1. The van der Waals surface area contributed by atoms with Crippen LogP contribution >= 0.6 is 0 Å². The molecule has 0 aliphatic carbocycles. The van der Waals surface area contributed by atoms with Crippen LogP contribution in [0.15, 0.2) is 59.6 Å². The zero-order valence-electron chi connectivity index (χ0n) is 14.6. The molecule has 0 radical (unpaired) electrons. The van der Waals surface area contributed by atoms with Gasteiger partial charge in [0.15, 0.2) is 5.96 Å². The van der Waals surface area contributed by atoms with Crippen LogP contribution in [0.2, 0.25) is 0 Å². The summed E-state index contributed by atoms with van der Waals surface area (Å²) < 4.78 is 5.65. The van der Waals surface area contributed by atoms with Gasteiger partial charge in [0.25, 0.3) is 0 Å². The van der Waals surface area contributed by atoms with Crippen molar-refractivity contribution in [2.24, 2.45) is 4.99 Å². The highest BCUT2D eigenvalue weighted by molar-refractivity contribution is 5.79. The van der Waals surface area contributed by atoms with Crippen molar-refractivity contribution in [2.45, 2.75) is 26.3 Å². The molecular weight excluding hydrogens is 298 g/mol. The van der Waals surface area contributed by atoms with E-state index in [1.54, 1.807) is 7.05 Å². The number of hydrogen-bond donors (Lipinski definition) is 2. The SMILES string of the molecule is CCOc1ccccc1CNC(=NC)NCCCc1ccccc1. The molecule has 0 aliphatic heterocycles. The Labute approximate surface area is 145 Å². The quantitative estimate of drug-likeness (QED) is 0.444. The normalized spacial score (nSPS) is 11.2. The van der Waals surface area contributed by atoms with Crippen LogP contribution in [-0.2, 0) is 13.0 Å². The van der Waals surface area contributed by atoms with Crippen molar-refractivity contribution in [3.63, 3.8) is 0 Å². The van der Waals surface area contributed by atoms with Crippen molar-refractivity contribution >= 4 is 5.96 Å². The second-order valence-corrected chi connectivity index (χ2v) is 5.48. The molecule has 2 N–H and O–H groups in total. The number of ether oxygens (including phenoxy) is 1. The van der Waals surface area contributed by atoms with Crippen LogP contribution in [0.25, 0.3) is 0 Å². The van der Waals surface area contributed by atoms with Gasteiger partial charge in [0.1, 0.15) is 5.75 Å². The minimum atomic E-state index is 0.670. The molecule has 0 aliphatic rings. The number of para-hydroxylation sites is 1. The van der Waals surface area contributed by atoms with Gasteiger partial charge in [-0.25, -0.2) is 0 Å². The van der Waals surface area contributed by atoms with Gasteiger partial charge in [0.2, 0.25) is 0 Å². The van der Waals surface area contributed by atoms with E-state index in [9.17, 15) is 0 Å². The number of guanidine groups is 1. The topological polar surface area (TPSA) is 45.6 Å². The number of nitrogens with zero attached hydrogens (tertiary/aromatic N) is 1. The van der Waals surface area contributed by atoms with Gasteiger partial charge in [-0.05, 0) is 31.4 Å². The third-order valence-electron chi connectivity index (χ3n) is 3.72. The molecule has 0 saturated heterocycles. The second kappa shape index (κ2) is 10.3. The molecule has 0 bridgehead atoms. The van der Waals surface area contributed by atoms with Crippen molar-refractivity contribution in [3.8, 4) is 5.75 Å². The van der Waals surface area contributed by atoms with E-state index in [0.29, 0.717) is 13.2 Å². The van der Waals surface area contributed by atoms with Gasteiger partial charge in [0.05, 0.1) is 6.61 Å². The Morgan fingerprint density at radius 3 is 2.50 bits per heavy atom. The first kappa shape index (κ1) is 17.9.